The molecule has 12 heteroatoms. The quantitative estimate of drug-likeness (QED) is 0.608. The molecule has 162 valence electrons. The summed E-state index contributed by atoms with van der Waals surface area (Å²) < 4.78 is 29.6. The van der Waals surface area contributed by atoms with E-state index in [1.165, 1.54) is 34.3 Å². The molecule has 4 rings (SSSR count). The fraction of sp³-hybridized carbons (Fsp3) is 0.316. The van der Waals surface area contributed by atoms with Gasteiger partial charge in [-0.2, -0.15) is 0 Å². The van der Waals surface area contributed by atoms with Gasteiger partial charge in [-0.3, -0.25) is 9.59 Å². The third-order valence-electron chi connectivity index (χ3n) is 5.09. The average Bonchev–Trinajstić information content (AvgIpc) is 3.33. The van der Waals surface area contributed by atoms with Crippen LogP contribution in [0.4, 0.5) is 14.6 Å². The predicted molar refractivity (Wildman–Crippen MR) is 108 cm³/mol. The summed E-state index contributed by atoms with van der Waals surface area (Å²) in [5, 5.41) is 2.49. The molecule has 9 nitrogen and oxygen atoms in total. The van der Waals surface area contributed by atoms with Crippen LogP contribution >= 0.6 is 11.6 Å². The van der Waals surface area contributed by atoms with Crippen molar-refractivity contribution in [3.8, 4) is 0 Å². The minimum Gasteiger partial charge on any atom is -0.382 e. The van der Waals surface area contributed by atoms with Crippen molar-refractivity contribution in [3.05, 3.63) is 47.3 Å². The van der Waals surface area contributed by atoms with Gasteiger partial charge >= 0.3 is 0 Å². The number of rotatable bonds is 5. The molecular formula is C19H18ClF2N7O2. The van der Waals surface area contributed by atoms with Gasteiger partial charge in [0, 0.05) is 18.5 Å². The first-order valence-electron chi connectivity index (χ1n) is 9.40. The van der Waals surface area contributed by atoms with E-state index in [0.717, 1.165) is 0 Å². The maximum atomic E-state index is 14.1. The van der Waals surface area contributed by atoms with Gasteiger partial charge in [0.15, 0.2) is 11.5 Å². The highest BCUT2D eigenvalue weighted by atomic mass is 35.5. The number of benzene rings is 1. The molecule has 0 bridgehead atoms. The molecule has 1 aliphatic rings. The first-order chi connectivity index (χ1) is 14.8. The second kappa shape index (κ2) is 8.42. The van der Waals surface area contributed by atoms with Gasteiger partial charge in [0.2, 0.25) is 11.8 Å². The SMILES string of the molecule is Nc1ncnc2c1ncn2CC(=O)N1C[C@H](F)C[C@@H]1C(=O)NCc1cccc(Cl)c1F. The number of imidazole rings is 1. The minimum absolute atomic E-state index is 0.0646. The normalized spacial score (nSPS) is 18.5. The number of nitrogens with zero attached hydrogens (tertiary/aromatic N) is 5. The standard InChI is InChI=1S/C19H18ClF2N7O2/c20-12-3-1-2-10(15(12)22)5-24-19(31)13-4-11(21)6-29(13)14(30)7-28-9-27-16-17(23)25-8-26-18(16)28/h1-3,8-9,11,13H,4-7H2,(H,24,31)(H2,23,25,26)/t11-,13-/m1/s1. The van der Waals surface area contributed by atoms with E-state index in [-0.39, 0.29) is 42.5 Å². The van der Waals surface area contributed by atoms with Crippen molar-refractivity contribution >= 4 is 40.4 Å². The van der Waals surface area contributed by atoms with E-state index in [0.29, 0.717) is 11.2 Å². The van der Waals surface area contributed by atoms with Crippen molar-refractivity contribution in [3.63, 3.8) is 0 Å². The number of alkyl halides is 1. The second-order valence-corrected chi connectivity index (χ2v) is 7.54. The van der Waals surface area contributed by atoms with Gasteiger partial charge in [0.25, 0.3) is 0 Å². The Balaban J connectivity index is 1.46. The smallest absolute Gasteiger partial charge is 0.243 e. The molecule has 1 fully saturated rings. The molecule has 0 unspecified atom stereocenters. The second-order valence-electron chi connectivity index (χ2n) is 7.13. The van der Waals surface area contributed by atoms with Gasteiger partial charge in [-0.15, -0.1) is 0 Å². The van der Waals surface area contributed by atoms with E-state index in [9.17, 15) is 18.4 Å². The highest BCUT2D eigenvalue weighted by Crippen LogP contribution is 2.23. The number of nitrogen functional groups attached to an aromatic ring is 1. The Bertz CT molecular complexity index is 1160. The van der Waals surface area contributed by atoms with Crippen molar-refractivity contribution in [2.24, 2.45) is 0 Å². The molecule has 2 atom stereocenters. The number of amides is 2. The van der Waals surface area contributed by atoms with Gasteiger partial charge in [-0.05, 0) is 6.07 Å². The lowest BCUT2D eigenvalue weighted by molar-refractivity contribution is -0.139. The molecule has 3 heterocycles. The molecular weight excluding hydrogens is 432 g/mol. The van der Waals surface area contributed by atoms with Crippen LogP contribution in [0.2, 0.25) is 5.02 Å². The summed E-state index contributed by atoms with van der Waals surface area (Å²) in [7, 11) is 0. The molecule has 1 saturated heterocycles. The molecule has 0 aliphatic carbocycles. The van der Waals surface area contributed by atoms with Gasteiger partial charge in [-0.25, -0.2) is 23.7 Å². The largest absolute Gasteiger partial charge is 0.382 e. The van der Waals surface area contributed by atoms with E-state index < -0.39 is 29.8 Å². The Hall–Kier alpha value is -3.34. The number of halogens is 3. The predicted octanol–water partition coefficient (Wildman–Crippen LogP) is 1.46. The summed E-state index contributed by atoms with van der Waals surface area (Å²) in [5.41, 5.74) is 6.64. The van der Waals surface area contributed by atoms with E-state index >= 15 is 0 Å². The molecule has 1 aliphatic heterocycles. The monoisotopic (exact) mass is 449 g/mol. The number of nitrogens with one attached hydrogen (secondary N) is 1. The summed E-state index contributed by atoms with van der Waals surface area (Å²) in [5.74, 6) is -1.52. The maximum Gasteiger partial charge on any atom is 0.243 e. The van der Waals surface area contributed by atoms with E-state index in [1.54, 1.807) is 6.07 Å². The highest BCUT2D eigenvalue weighted by Gasteiger charge is 2.39. The van der Waals surface area contributed by atoms with Crippen LogP contribution in [0.3, 0.4) is 0 Å². The van der Waals surface area contributed by atoms with Crippen molar-refractivity contribution in [1.82, 2.24) is 29.7 Å². The number of anilines is 1. The Morgan fingerprint density at radius 1 is 1.29 bits per heavy atom. The summed E-state index contributed by atoms with van der Waals surface area (Å²) in [6.45, 7) is -0.554. The summed E-state index contributed by atoms with van der Waals surface area (Å²) in [6.07, 6.45) is 1.14. The van der Waals surface area contributed by atoms with Crippen LogP contribution in [-0.4, -0.2) is 55.0 Å². The first kappa shape index (κ1) is 20.9. The van der Waals surface area contributed by atoms with Crippen molar-refractivity contribution < 1.29 is 18.4 Å². The Morgan fingerprint density at radius 2 is 2.10 bits per heavy atom. The lowest BCUT2D eigenvalue weighted by Crippen LogP contribution is -2.46. The molecule has 2 amide bonds. The number of carbonyl (C=O) groups is 2. The molecule has 1 aromatic carbocycles. The Kier molecular flexibility index (Phi) is 5.68. The van der Waals surface area contributed by atoms with Crippen LogP contribution in [0.15, 0.2) is 30.9 Å². The van der Waals surface area contributed by atoms with Crippen molar-refractivity contribution in [2.45, 2.75) is 31.7 Å². The zero-order chi connectivity index (χ0) is 22.1. The fourth-order valence-electron chi connectivity index (χ4n) is 3.55. The summed E-state index contributed by atoms with van der Waals surface area (Å²) >= 11 is 5.74. The lowest BCUT2D eigenvalue weighted by Gasteiger charge is -2.24. The number of nitrogens with two attached hydrogens (primary N) is 1. The molecule has 0 saturated carbocycles. The Morgan fingerprint density at radius 3 is 2.90 bits per heavy atom. The summed E-state index contributed by atoms with van der Waals surface area (Å²) in [6, 6.07) is 3.42. The van der Waals surface area contributed by atoms with Crippen LogP contribution in [0.25, 0.3) is 11.2 Å². The van der Waals surface area contributed by atoms with Crippen LogP contribution in [0.1, 0.15) is 12.0 Å². The van der Waals surface area contributed by atoms with Crippen molar-refractivity contribution in [2.75, 3.05) is 12.3 Å². The van der Waals surface area contributed by atoms with Gasteiger partial charge in [0.1, 0.15) is 36.4 Å². The van der Waals surface area contributed by atoms with Crippen molar-refractivity contribution in [1.29, 1.82) is 0 Å². The van der Waals surface area contributed by atoms with Crippen LogP contribution in [0, 0.1) is 5.82 Å². The zero-order valence-electron chi connectivity index (χ0n) is 16.1. The third-order valence-corrected chi connectivity index (χ3v) is 5.38. The number of aromatic nitrogens is 4. The van der Waals surface area contributed by atoms with Crippen LogP contribution in [-0.2, 0) is 22.7 Å². The fourth-order valence-corrected chi connectivity index (χ4v) is 3.74. The van der Waals surface area contributed by atoms with Crippen LogP contribution < -0.4 is 11.1 Å². The first-order valence-corrected chi connectivity index (χ1v) is 9.78. The van der Waals surface area contributed by atoms with Gasteiger partial charge in [-0.1, -0.05) is 23.7 Å². The minimum atomic E-state index is -1.35. The highest BCUT2D eigenvalue weighted by molar-refractivity contribution is 6.30. The maximum absolute atomic E-state index is 14.1. The third kappa shape index (κ3) is 4.13. The zero-order valence-corrected chi connectivity index (χ0v) is 16.9. The van der Waals surface area contributed by atoms with Gasteiger partial charge < -0.3 is 20.5 Å². The number of hydrogen-bond donors (Lipinski definition) is 2. The number of carbonyl (C=O) groups excluding carboxylic acids is 2. The topological polar surface area (TPSA) is 119 Å². The van der Waals surface area contributed by atoms with Crippen LogP contribution in [0.5, 0.6) is 0 Å². The molecule has 31 heavy (non-hydrogen) atoms. The molecule has 0 radical (unpaired) electrons. The average molecular weight is 450 g/mol. The molecule has 0 spiro atoms. The molecule has 3 aromatic rings. The van der Waals surface area contributed by atoms with E-state index in [2.05, 4.69) is 20.3 Å². The van der Waals surface area contributed by atoms with E-state index in [4.69, 9.17) is 17.3 Å². The Labute approximate surface area is 180 Å². The van der Waals surface area contributed by atoms with Gasteiger partial charge in [0.05, 0.1) is 17.9 Å². The molecule has 3 N–H and O–H groups in total. The lowest BCUT2D eigenvalue weighted by atomic mass is 10.1. The molecule has 2 aromatic heterocycles. The van der Waals surface area contributed by atoms with E-state index in [1.807, 2.05) is 0 Å². The number of hydrogen-bond acceptors (Lipinski definition) is 6. The summed E-state index contributed by atoms with van der Waals surface area (Å²) in [4.78, 5) is 38.7. The number of likely N-dealkylation sites (tertiary alicyclic amines) is 1. The number of fused-ring (bicyclic) bond motifs is 1.